The van der Waals surface area contributed by atoms with Gasteiger partial charge in [0, 0.05) is 0 Å². The number of hydrazine groups is 1. The first kappa shape index (κ1) is 12.8. The van der Waals surface area contributed by atoms with E-state index in [4.69, 9.17) is 18.2 Å². The Balaban J connectivity index is 3.08. The van der Waals surface area contributed by atoms with Gasteiger partial charge in [-0.2, -0.15) is 0 Å². The molecule has 0 bridgehead atoms. The molecule has 0 aromatic rings. The maximum absolute atomic E-state index is 12.0. The Labute approximate surface area is 100 Å². The van der Waals surface area contributed by atoms with Crippen LogP contribution < -0.4 is 5.43 Å². The van der Waals surface area contributed by atoms with Crippen LogP contribution in [0.5, 0.6) is 0 Å². The monoisotopic (exact) mass is 244 g/mol. The third kappa shape index (κ3) is 2.29. The molecule has 6 heteroatoms. The molecule has 1 aliphatic heterocycles. The van der Waals surface area contributed by atoms with Gasteiger partial charge in [0.05, 0.1) is 11.2 Å². The molecule has 16 heavy (non-hydrogen) atoms. The van der Waals surface area contributed by atoms with Gasteiger partial charge in [0.15, 0.2) is 5.71 Å². The summed E-state index contributed by atoms with van der Waals surface area (Å²) in [5, 5.41) is 4.20. The van der Waals surface area contributed by atoms with E-state index >= 15 is 0 Å². The van der Waals surface area contributed by atoms with E-state index in [0.29, 0.717) is 0 Å². The van der Waals surface area contributed by atoms with Crippen LogP contribution in [0.2, 0.25) is 0 Å². The Bertz CT molecular complexity index is 346. The summed E-state index contributed by atoms with van der Waals surface area (Å²) in [6.07, 6.45) is 0. The van der Waals surface area contributed by atoms with Crippen molar-refractivity contribution in [2.24, 2.45) is 5.16 Å². The van der Waals surface area contributed by atoms with Crippen LogP contribution in [0.25, 0.3) is 0 Å². The molecule has 1 atom stereocenters. The van der Waals surface area contributed by atoms with Gasteiger partial charge in [-0.05, 0) is 27.4 Å². The van der Waals surface area contributed by atoms with E-state index in [0.717, 1.165) is 0 Å². The van der Waals surface area contributed by atoms with E-state index in [1.54, 1.807) is 0 Å². The lowest BCUT2D eigenvalue weighted by molar-refractivity contribution is -0.133. The average molecular weight is 245 g/mol. The summed E-state index contributed by atoms with van der Waals surface area (Å²) in [4.78, 5) is 16.6. The van der Waals surface area contributed by atoms with Crippen molar-refractivity contribution in [3.63, 3.8) is 0 Å². The fraction of sp³-hybridized carbons (Fsp3) is 0.600. The molecular weight excluding hydrogens is 230 g/mol. The lowest BCUT2D eigenvalue weighted by Crippen LogP contribution is -2.61. The van der Waals surface area contributed by atoms with Crippen molar-refractivity contribution in [3.05, 3.63) is 12.3 Å². The summed E-state index contributed by atoms with van der Waals surface area (Å²) in [6, 6.07) is 0. The Hall–Kier alpha value is -1.23. The van der Waals surface area contributed by atoms with Crippen LogP contribution in [0.15, 0.2) is 10.9 Å². The van der Waals surface area contributed by atoms with Crippen molar-refractivity contribution in [1.82, 2.24) is 10.4 Å². The van der Waals surface area contributed by atoms with Gasteiger partial charge in [-0.25, -0.2) is 5.01 Å². The number of carbonyl (C=O) groups excluding carboxylic acids is 1. The molecule has 0 aliphatic carbocycles. The molecule has 1 rings (SSSR count). The first-order valence-corrected chi connectivity index (χ1v) is 5.21. The van der Waals surface area contributed by atoms with Crippen molar-refractivity contribution >= 4 is 23.2 Å². The van der Waals surface area contributed by atoms with Crippen molar-refractivity contribution in [3.8, 4) is 0 Å². The minimum Gasteiger partial charge on any atom is -0.399 e. The Morgan fingerprint density at radius 3 is 2.56 bits per heavy atom. The number of nitrogens with one attached hydrogen (secondary N) is 1. The van der Waals surface area contributed by atoms with E-state index in [1.807, 2.05) is 20.8 Å². The van der Waals surface area contributed by atoms with Gasteiger partial charge >= 0.3 is 0 Å². The van der Waals surface area contributed by atoms with Crippen molar-refractivity contribution in [2.45, 2.75) is 31.7 Å². The quantitative estimate of drug-likeness (QED) is 0.554. The number of amides is 1. The highest BCUT2D eigenvalue weighted by Crippen LogP contribution is 2.21. The SMILES string of the molecule is [CH]=C1NN(C(C)(C)C)C(=O)C(=NOC)C1Cl. The van der Waals surface area contributed by atoms with Crippen LogP contribution >= 0.6 is 11.6 Å². The number of hydrogen-bond acceptors (Lipinski definition) is 4. The summed E-state index contributed by atoms with van der Waals surface area (Å²) in [7, 11) is 1.35. The van der Waals surface area contributed by atoms with E-state index in [2.05, 4.69) is 15.4 Å². The summed E-state index contributed by atoms with van der Waals surface area (Å²) in [5.74, 6) is -0.344. The number of allylic oxidation sites excluding steroid dienone is 1. The second-order valence-electron chi connectivity index (χ2n) is 4.40. The molecule has 1 N–H and O–H groups in total. The number of halogens is 1. The Morgan fingerprint density at radius 1 is 1.56 bits per heavy atom. The maximum Gasteiger partial charge on any atom is 0.292 e. The third-order valence-corrected chi connectivity index (χ3v) is 2.48. The smallest absolute Gasteiger partial charge is 0.292 e. The zero-order valence-electron chi connectivity index (χ0n) is 9.74. The van der Waals surface area contributed by atoms with Crippen LogP contribution in [-0.4, -0.2) is 34.7 Å². The molecule has 1 saturated heterocycles. The highest BCUT2D eigenvalue weighted by atomic mass is 35.5. The van der Waals surface area contributed by atoms with Crippen LogP contribution in [0.4, 0.5) is 0 Å². The number of rotatable bonds is 1. The van der Waals surface area contributed by atoms with Gasteiger partial charge in [-0.3, -0.25) is 10.2 Å². The molecule has 0 aromatic carbocycles. The number of nitrogens with zero attached hydrogens (tertiary/aromatic N) is 2. The van der Waals surface area contributed by atoms with E-state index in [1.165, 1.54) is 12.1 Å². The largest absolute Gasteiger partial charge is 0.399 e. The molecule has 1 aliphatic rings. The molecule has 0 aromatic heterocycles. The molecule has 1 amide bonds. The van der Waals surface area contributed by atoms with Gasteiger partial charge in [0.2, 0.25) is 0 Å². The first-order chi connectivity index (χ1) is 7.29. The van der Waals surface area contributed by atoms with Gasteiger partial charge in [-0.15, -0.1) is 11.6 Å². The maximum atomic E-state index is 12.0. The fourth-order valence-corrected chi connectivity index (χ4v) is 1.44. The standard InChI is InChI=1S/C10H15ClN3O2/c1-6-7(11)8(13-16-5)9(15)14(12-6)10(2,3)4/h1,7,12H,2-5H3. The molecular formula is C10H15ClN3O2. The molecule has 0 spiro atoms. The zero-order chi connectivity index (χ0) is 12.5. The minimum atomic E-state index is -0.786. The molecule has 1 radical (unpaired) electrons. The van der Waals surface area contributed by atoms with Gasteiger partial charge in [0.1, 0.15) is 12.5 Å². The van der Waals surface area contributed by atoms with Crippen molar-refractivity contribution in [1.29, 1.82) is 0 Å². The summed E-state index contributed by atoms with van der Waals surface area (Å²) in [6.45, 7) is 11.3. The first-order valence-electron chi connectivity index (χ1n) is 4.77. The van der Waals surface area contributed by atoms with Crippen molar-refractivity contribution in [2.75, 3.05) is 7.11 Å². The molecule has 0 saturated carbocycles. The predicted molar refractivity (Wildman–Crippen MR) is 61.6 cm³/mol. The Kier molecular flexibility index (Phi) is 3.48. The summed E-state index contributed by atoms with van der Waals surface area (Å²) in [5.41, 5.74) is 2.65. The lowest BCUT2D eigenvalue weighted by atomic mass is 10.0. The molecule has 1 fully saturated rings. The van der Waals surface area contributed by atoms with Gasteiger partial charge in [0.25, 0.3) is 5.91 Å². The number of alkyl halides is 1. The van der Waals surface area contributed by atoms with Crippen molar-refractivity contribution < 1.29 is 9.63 Å². The van der Waals surface area contributed by atoms with Gasteiger partial charge in [-0.1, -0.05) is 5.16 Å². The second-order valence-corrected chi connectivity index (χ2v) is 4.84. The van der Waals surface area contributed by atoms with Gasteiger partial charge < -0.3 is 4.84 Å². The van der Waals surface area contributed by atoms with E-state index in [9.17, 15) is 4.79 Å². The minimum absolute atomic E-state index is 0.0790. The highest BCUT2D eigenvalue weighted by molar-refractivity contribution is 6.52. The fourth-order valence-electron chi connectivity index (χ4n) is 1.26. The topological polar surface area (TPSA) is 53.9 Å². The summed E-state index contributed by atoms with van der Waals surface area (Å²) >= 11 is 5.94. The van der Waals surface area contributed by atoms with Crippen LogP contribution in [0.1, 0.15) is 20.8 Å². The van der Waals surface area contributed by atoms with Crippen LogP contribution in [-0.2, 0) is 9.63 Å². The average Bonchev–Trinajstić information content (AvgIpc) is 2.16. The zero-order valence-corrected chi connectivity index (χ0v) is 10.5. The molecule has 1 unspecified atom stereocenters. The normalized spacial score (nSPS) is 24.7. The predicted octanol–water partition coefficient (Wildman–Crippen LogP) is 1.06. The van der Waals surface area contributed by atoms with E-state index < -0.39 is 10.9 Å². The highest BCUT2D eigenvalue weighted by Gasteiger charge is 2.40. The molecule has 5 nitrogen and oxygen atoms in total. The molecule has 89 valence electrons. The van der Waals surface area contributed by atoms with Crippen LogP contribution in [0.3, 0.4) is 0 Å². The summed E-state index contributed by atoms with van der Waals surface area (Å²) < 4.78 is 0. The lowest BCUT2D eigenvalue weighted by Gasteiger charge is -2.41. The third-order valence-electron chi connectivity index (χ3n) is 2.04. The molecule has 1 heterocycles. The number of carbonyl (C=O) groups is 1. The number of oxime groups is 1. The Morgan fingerprint density at radius 2 is 2.12 bits per heavy atom. The van der Waals surface area contributed by atoms with Crippen LogP contribution in [0, 0.1) is 6.58 Å². The van der Waals surface area contributed by atoms with E-state index in [-0.39, 0.29) is 17.3 Å². The number of hydrogen-bond donors (Lipinski definition) is 1. The second kappa shape index (κ2) is 4.33.